The Morgan fingerprint density at radius 2 is 1.44 bits per heavy atom. The van der Waals surface area contributed by atoms with Gasteiger partial charge in [-0.25, -0.2) is 9.59 Å². The van der Waals surface area contributed by atoms with Crippen LogP contribution in [0.5, 0.6) is 0 Å². The Balaban J connectivity index is 1.33. The van der Waals surface area contributed by atoms with E-state index in [1.165, 1.54) is 0 Å². The second kappa shape index (κ2) is 11.0. The highest BCUT2D eigenvalue weighted by atomic mass is 16.5. The topological polar surface area (TPSA) is 96.0 Å². The third kappa shape index (κ3) is 5.44. The highest BCUT2D eigenvalue weighted by Gasteiger charge is 2.42. The highest BCUT2D eigenvalue weighted by Crippen LogP contribution is 2.25. The number of urea groups is 1. The molecule has 0 aliphatic carbocycles. The molecule has 8 nitrogen and oxygen atoms in total. The lowest BCUT2D eigenvalue weighted by Crippen LogP contribution is -2.53. The molecule has 0 saturated carbocycles. The van der Waals surface area contributed by atoms with Crippen LogP contribution in [0.1, 0.15) is 41.6 Å². The van der Waals surface area contributed by atoms with Gasteiger partial charge in [-0.05, 0) is 43.4 Å². The molecule has 2 aromatic rings. The first-order valence-corrected chi connectivity index (χ1v) is 11.7. The smallest absolute Gasteiger partial charge is 0.338 e. The number of rotatable bonds is 7. The van der Waals surface area contributed by atoms with Crippen molar-refractivity contribution in [2.45, 2.75) is 44.3 Å². The number of ketones is 1. The minimum atomic E-state index is -0.633. The molecule has 3 amide bonds. The number of carbonyl (C=O) groups is 4. The number of hydrogen-bond donors (Lipinski definition) is 1. The van der Waals surface area contributed by atoms with Crippen molar-refractivity contribution >= 4 is 23.7 Å². The summed E-state index contributed by atoms with van der Waals surface area (Å²) in [4.78, 5) is 54.3. The molecule has 178 valence electrons. The maximum Gasteiger partial charge on any atom is 0.338 e. The normalized spacial score (nSPS) is 19.6. The maximum absolute atomic E-state index is 13.4. The standard InChI is InChI=1S/C26H29N3O5/c30-23(18-34-25(32)20-11-5-2-6-12-20)21-13-7-15-28(21)24(31)22-14-8-16-29(22)26(33)27-17-19-9-3-1-4-10-19/h1-6,9-12,21-22H,7-8,13-18H2,(H,27,33). The molecule has 1 N–H and O–H groups in total. The van der Waals surface area contributed by atoms with Gasteiger partial charge in [-0.1, -0.05) is 48.5 Å². The molecule has 8 heteroatoms. The van der Waals surface area contributed by atoms with Gasteiger partial charge in [-0.2, -0.15) is 0 Å². The van der Waals surface area contributed by atoms with Crippen molar-refractivity contribution in [1.29, 1.82) is 0 Å². The van der Waals surface area contributed by atoms with Crippen LogP contribution in [0.3, 0.4) is 0 Å². The fourth-order valence-corrected chi connectivity index (χ4v) is 4.59. The van der Waals surface area contributed by atoms with Crippen LogP contribution in [0.2, 0.25) is 0 Å². The number of likely N-dealkylation sites (tertiary alicyclic amines) is 2. The molecule has 2 unspecified atom stereocenters. The number of benzene rings is 2. The third-order valence-corrected chi connectivity index (χ3v) is 6.35. The molecular formula is C26H29N3O5. The van der Waals surface area contributed by atoms with Crippen molar-refractivity contribution < 1.29 is 23.9 Å². The largest absolute Gasteiger partial charge is 0.454 e. The van der Waals surface area contributed by atoms with Crippen molar-refractivity contribution in [3.63, 3.8) is 0 Å². The molecule has 0 spiro atoms. The summed E-state index contributed by atoms with van der Waals surface area (Å²) >= 11 is 0. The summed E-state index contributed by atoms with van der Waals surface area (Å²) in [5.74, 6) is -1.08. The van der Waals surface area contributed by atoms with Gasteiger partial charge < -0.3 is 19.9 Å². The zero-order chi connectivity index (χ0) is 23.9. The molecule has 0 bridgehead atoms. The van der Waals surface area contributed by atoms with E-state index in [4.69, 9.17) is 4.74 Å². The van der Waals surface area contributed by atoms with Crippen LogP contribution in [-0.4, -0.2) is 65.3 Å². The number of ether oxygens (including phenoxy) is 1. The average molecular weight is 464 g/mol. The molecule has 2 aliphatic heterocycles. The molecule has 34 heavy (non-hydrogen) atoms. The first-order chi connectivity index (χ1) is 16.5. The predicted molar refractivity (Wildman–Crippen MR) is 125 cm³/mol. The van der Waals surface area contributed by atoms with Crippen LogP contribution in [0.25, 0.3) is 0 Å². The molecule has 0 aromatic heterocycles. The molecular weight excluding hydrogens is 434 g/mol. The Labute approximate surface area is 198 Å². The Kier molecular flexibility index (Phi) is 7.57. The van der Waals surface area contributed by atoms with E-state index >= 15 is 0 Å². The Morgan fingerprint density at radius 3 is 2.15 bits per heavy atom. The minimum Gasteiger partial charge on any atom is -0.454 e. The third-order valence-electron chi connectivity index (χ3n) is 6.35. The number of esters is 1. The van der Waals surface area contributed by atoms with Gasteiger partial charge in [0.05, 0.1) is 11.6 Å². The fourth-order valence-electron chi connectivity index (χ4n) is 4.59. The zero-order valence-electron chi connectivity index (χ0n) is 19.0. The number of carbonyl (C=O) groups excluding carboxylic acids is 4. The van der Waals surface area contributed by atoms with Gasteiger partial charge >= 0.3 is 12.0 Å². The van der Waals surface area contributed by atoms with Gasteiger partial charge in [-0.3, -0.25) is 9.59 Å². The Hall–Kier alpha value is -3.68. The van der Waals surface area contributed by atoms with Gasteiger partial charge in [0.15, 0.2) is 12.4 Å². The summed E-state index contributed by atoms with van der Waals surface area (Å²) in [5, 5.41) is 2.89. The van der Waals surface area contributed by atoms with E-state index in [1.807, 2.05) is 30.3 Å². The number of hydrogen-bond acceptors (Lipinski definition) is 5. The Bertz CT molecular complexity index is 1030. The number of Topliss-reactive ketones (excluding diaryl/α,β-unsaturated/α-hetero) is 1. The molecule has 2 saturated heterocycles. The lowest BCUT2D eigenvalue weighted by atomic mass is 10.1. The van der Waals surface area contributed by atoms with Crippen molar-refractivity contribution in [3.8, 4) is 0 Å². The minimum absolute atomic E-state index is 0.211. The number of amides is 3. The van der Waals surface area contributed by atoms with E-state index < -0.39 is 18.1 Å². The molecule has 2 fully saturated rings. The van der Waals surface area contributed by atoms with Crippen LogP contribution < -0.4 is 5.32 Å². The molecule has 2 atom stereocenters. The first kappa shape index (κ1) is 23.5. The van der Waals surface area contributed by atoms with E-state index in [0.717, 1.165) is 12.0 Å². The molecule has 0 radical (unpaired) electrons. The maximum atomic E-state index is 13.4. The summed E-state index contributed by atoms with van der Waals surface area (Å²) < 4.78 is 5.19. The van der Waals surface area contributed by atoms with Gasteiger partial charge in [0, 0.05) is 19.6 Å². The average Bonchev–Trinajstić information content (AvgIpc) is 3.57. The van der Waals surface area contributed by atoms with Crippen LogP contribution >= 0.6 is 0 Å². The van der Waals surface area contributed by atoms with Crippen LogP contribution in [0, 0.1) is 0 Å². The lowest BCUT2D eigenvalue weighted by molar-refractivity contribution is -0.141. The summed E-state index contributed by atoms with van der Waals surface area (Å²) in [7, 11) is 0. The van der Waals surface area contributed by atoms with Crippen LogP contribution in [0.15, 0.2) is 60.7 Å². The van der Waals surface area contributed by atoms with E-state index in [0.29, 0.717) is 44.5 Å². The van der Waals surface area contributed by atoms with Crippen molar-refractivity contribution in [2.75, 3.05) is 19.7 Å². The van der Waals surface area contributed by atoms with Crippen LogP contribution in [-0.2, 0) is 20.9 Å². The van der Waals surface area contributed by atoms with Crippen molar-refractivity contribution in [1.82, 2.24) is 15.1 Å². The molecule has 2 aromatic carbocycles. The summed E-state index contributed by atoms with van der Waals surface area (Å²) in [5.41, 5.74) is 1.35. The molecule has 4 rings (SSSR count). The van der Waals surface area contributed by atoms with Gasteiger partial charge in [0.25, 0.3) is 0 Å². The zero-order valence-corrected chi connectivity index (χ0v) is 19.0. The van der Waals surface area contributed by atoms with Crippen molar-refractivity contribution in [2.24, 2.45) is 0 Å². The summed E-state index contributed by atoms with van der Waals surface area (Å²) in [6, 6.07) is 16.6. The van der Waals surface area contributed by atoms with Crippen molar-refractivity contribution in [3.05, 3.63) is 71.8 Å². The predicted octanol–water partition coefficient (Wildman–Crippen LogP) is 2.78. The second-order valence-electron chi connectivity index (χ2n) is 8.59. The number of nitrogens with one attached hydrogen (secondary N) is 1. The molecule has 2 heterocycles. The Morgan fingerprint density at radius 1 is 0.824 bits per heavy atom. The van der Waals surface area contributed by atoms with Gasteiger partial charge in [0.1, 0.15) is 6.04 Å². The van der Waals surface area contributed by atoms with E-state index in [9.17, 15) is 19.2 Å². The van der Waals surface area contributed by atoms with E-state index in [-0.39, 0.29) is 24.3 Å². The van der Waals surface area contributed by atoms with Gasteiger partial charge in [-0.15, -0.1) is 0 Å². The highest BCUT2D eigenvalue weighted by molar-refractivity contribution is 5.96. The first-order valence-electron chi connectivity index (χ1n) is 11.7. The quantitative estimate of drug-likeness (QED) is 0.637. The van der Waals surface area contributed by atoms with E-state index in [1.54, 1.807) is 40.1 Å². The molecule has 2 aliphatic rings. The summed E-state index contributed by atoms with van der Waals surface area (Å²) in [6.45, 7) is 0.957. The monoisotopic (exact) mass is 463 g/mol. The summed E-state index contributed by atoms with van der Waals surface area (Å²) in [6.07, 6.45) is 2.52. The number of nitrogens with zero attached hydrogens (tertiary/aromatic N) is 2. The van der Waals surface area contributed by atoms with E-state index in [2.05, 4.69) is 5.32 Å². The van der Waals surface area contributed by atoms with Gasteiger partial charge in [0.2, 0.25) is 5.91 Å². The second-order valence-corrected chi connectivity index (χ2v) is 8.59. The SMILES string of the molecule is O=C(OCC(=O)C1CCCN1C(=O)C1CCCN1C(=O)NCc1ccccc1)c1ccccc1. The van der Waals surface area contributed by atoms with Crippen LogP contribution in [0.4, 0.5) is 4.79 Å². The fraction of sp³-hybridized carbons (Fsp3) is 0.385. The lowest BCUT2D eigenvalue weighted by Gasteiger charge is -2.31.